The van der Waals surface area contributed by atoms with Crippen LogP contribution in [0.25, 0.3) is 0 Å². The van der Waals surface area contributed by atoms with Gasteiger partial charge in [-0.05, 0) is 50.0 Å². The highest BCUT2D eigenvalue weighted by atomic mass is 16.5. The van der Waals surface area contributed by atoms with Crippen LogP contribution in [-0.4, -0.2) is 54.5 Å². The first-order chi connectivity index (χ1) is 13.9. The molecule has 3 heterocycles. The van der Waals surface area contributed by atoms with Crippen LogP contribution in [0.2, 0.25) is 0 Å². The molecule has 0 aromatic rings. The highest BCUT2D eigenvalue weighted by Crippen LogP contribution is 2.70. The fourth-order valence-electron chi connectivity index (χ4n) is 7.37. The van der Waals surface area contributed by atoms with Crippen molar-refractivity contribution in [1.29, 1.82) is 0 Å². The lowest BCUT2D eigenvalue weighted by molar-refractivity contribution is -0.164. The minimum Gasteiger partial charge on any atom is -0.469 e. The third-order valence-electron chi connectivity index (χ3n) is 8.68. The highest BCUT2D eigenvalue weighted by molar-refractivity contribution is 5.96. The van der Waals surface area contributed by atoms with Gasteiger partial charge in [0.2, 0.25) is 5.91 Å². The number of rotatable bonds is 2. The van der Waals surface area contributed by atoms with Gasteiger partial charge in [-0.25, -0.2) is 0 Å². The van der Waals surface area contributed by atoms with Crippen molar-refractivity contribution >= 4 is 17.7 Å². The molecule has 0 aromatic heterocycles. The summed E-state index contributed by atoms with van der Waals surface area (Å²) in [5.41, 5.74) is 0.648. The van der Waals surface area contributed by atoms with Crippen molar-refractivity contribution in [1.82, 2.24) is 4.90 Å². The van der Waals surface area contributed by atoms with Crippen molar-refractivity contribution in [2.24, 2.45) is 34.5 Å². The number of esters is 1. The summed E-state index contributed by atoms with van der Waals surface area (Å²) in [7, 11) is 1.41. The van der Waals surface area contributed by atoms with Gasteiger partial charge in [-0.2, -0.15) is 0 Å². The monoisotopic (exact) mass is 399 g/mol. The lowest BCUT2D eigenvalue weighted by Crippen LogP contribution is -2.64. The molecule has 6 heteroatoms. The summed E-state index contributed by atoms with van der Waals surface area (Å²) < 4.78 is 5.13. The second-order valence-corrected chi connectivity index (χ2v) is 9.68. The van der Waals surface area contributed by atoms with E-state index in [9.17, 15) is 19.5 Å². The van der Waals surface area contributed by atoms with Gasteiger partial charge in [-0.1, -0.05) is 24.1 Å². The first kappa shape index (κ1) is 19.0. The molecule has 6 atom stereocenters. The van der Waals surface area contributed by atoms with Crippen LogP contribution in [0.1, 0.15) is 39.0 Å². The predicted octanol–water partition coefficient (Wildman–Crippen LogP) is 1.88. The molecular weight excluding hydrogens is 370 g/mol. The number of ketones is 1. The van der Waals surface area contributed by atoms with Crippen molar-refractivity contribution in [3.05, 3.63) is 23.3 Å². The van der Waals surface area contributed by atoms with E-state index in [1.807, 2.05) is 17.9 Å². The van der Waals surface area contributed by atoms with E-state index in [1.165, 1.54) is 12.7 Å². The maximum Gasteiger partial charge on any atom is 0.309 e. The summed E-state index contributed by atoms with van der Waals surface area (Å²) in [5.74, 6) is -0.812. The number of methoxy groups -OCH3 is 1. The van der Waals surface area contributed by atoms with E-state index in [4.69, 9.17) is 4.74 Å². The van der Waals surface area contributed by atoms with Crippen LogP contribution in [0.15, 0.2) is 23.3 Å². The largest absolute Gasteiger partial charge is 0.469 e. The van der Waals surface area contributed by atoms with Crippen LogP contribution in [0, 0.1) is 34.5 Å². The number of hydrogen-bond donors (Lipinski definition) is 1. The molecular formula is C23H29NO5. The van der Waals surface area contributed by atoms with Gasteiger partial charge in [-0.15, -0.1) is 0 Å². The number of fused-ring (bicyclic) bond motifs is 3. The predicted molar refractivity (Wildman–Crippen MR) is 104 cm³/mol. The number of carbonyl (C=O) groups excluding carboxylic acids is 3. The molecule has 156 valence electrons. The van der Waals surface area contributed by atoms with E-state index in [0.717, 1.165) is 31.3 Å². The number of piperidine rings is 1. The third kappa shape index (κ3) is 2.18. The molecule has 6 rings (SSSR count). The lowest BCUT2D eigenvalue weighted by Gasteiger charge is -2.56. The van der Waals surface area contributed by atoms with E-state index in [2.05, 4.69) is 0 Å². The first-order valence-corrected chi connectivity index (χ1v) is 10.8. The van der Waals surface area contributed by atoms with Crippen molar-refractivity contribution < 1.29 is 24.2 Å². The SMILES string of the molecule is COC(=O)[C@@H]1C[C@@]23C(=O)N4C[C@@H](CCC5=C2[C@@H]1CC5)[C@]3(CO)/C=C/C(=O)[C@H](C)C4. The summed E-state index contributed by atoms with van der Waals surface area (Å²) in [4.78, 5) is 41.4. The van der Waals surface area contributed by atoms with Gasteiger partial charge in [-0.3, -0.25) is 14.4 Å². The van der Waals surface area contributed by atoms with E-state index >= 15 is 0 Å². The normalized spacial score (nSPS) is 44.2. The molecule has 0 aromatic carbocycles. The fourth-order valence-corrected chi connectivity index (χ4v) is 7.37. The lowest BCUT2D eigenvalue weighted by atomic mass is 9.52. The Kier molecular flexibility index (Phi) is 4.12. The molecule has 0 unspecified atom stereocenters. The Bertz CT molecular complexity index is 859. The number of aliphatic hydroxyl groups excluding tert-OH is 1. The van der Waals surface area contributed by atoms with E-state index in [-0.39, 0.29) is 47.9 Å². The molecule has 0 radical (unpaired) electrons. The van der Waals surface area contributed by atoms with Crippen LogP contribution in [0.3, 0.4) is 0 Å². The van der Waals surface area contributed by atoms with Crippen molar-refractivity contribution in [2.45, 2.75) is 39.0 Å². The van der Waals surface area contributed by atoms with Crippen LogP contribution >= 0.6 is 0 Å². The Balaban J connectivity index is 1.79. The first-order valence-electron chi connectivity index (χ1n) is 10.8. The molecule has 6 nitrogen and oxygen atoms in total. The van der Waals surface area contributed by atoms with E-state index in [1.54, 1.807) is 6.08 Å². The van der Waals surface area contributed by atoms with Gasteiger partial charge in [0.1, 0.15) is 0 Å². The van der Waals surface area contributed by atoms with E-state index in [0.29, 0.717) is 19.5 Å². The van der Waals surface area contributed by atoms with E-state index < -0.39 is 10.8 Å². The molecule has 1 amide bonds. The highest BCUT2D eigenvalue weighted by Gasteiger charge is 2.72. The van der Waals surface area contributed by atoms with Gasteiger partial charge in [0.25, 0.3) is 0 Å². The Hall–Kier alpha value is -1.95. The van der Waals surface area contributed by atoms with Gasteiger partial charge in [0, 0.05) is 24.4 Å². The molecule has 4 bridgehead atoms. The van der Waals surface area contributed by atoms with Crippen molar-refractivity contribution in [2.75, 3.05) is 26.8 Å². The number of carbonyl (C=O) groups is 3. The minimum absolute atomic E-state index is 0.00158. The quantitative estimate of drug-likeness (QED) is 0.566. The summed E-state index contributed by atoms with van der Waals surface area (Å²) in [5, 5.41) is 10.8. The number of ether oxygens (including phenoxy) is 1. The standard InChI is InChI=1S/C23H29NO5/c1-13-10-24-11-15-5-3-14-4-6-16-17(20(27)29-2)9-23(19(14)16,21(24)28)22(15,12-25)8-7-18(13)26/h7-8,13,15-17,25H,3-6,9-12H2,1-2H3/b8-7+/t13-,15-,16-,17-,22-,23+/m1/s1. The molecule has 2 fully saturated rings. The Morgan fingerprint density at radius 1 is 1.28 bits per heavy atom. The average molecular weight is 399 g/mol. The van der Waals surface area contributed by atoms with Gasteiger partial charge in [0.05, 0.1) is 25.0 Å². The third-order valence-corrected chi connectivity index (χ3v) is 8.68. The molecule has 1 saturated carbocycles. The van der Waals surface area contributed by atoms with Crippen molar-refractivity contribution in [3.8, 4) is 0 Å². The summed E-state index contributed by atoms with van der Waals surface area (Å²) >= 11 is 0. The topological polar surface area (TPSA) is 83.9 Å². The maximum absolute atomic E-state index is 14.2. The second kappa shape index (κ2) is 6.27. The molecule has 1 saturated heterocycles. The Labute approximate surface area is 171 Å². The van der Waals surface area contributed by atoms with Crippen LogP contribution < -0.4 is 0 Å². The maximum atomic E-state index is 14.2. The number of hydrogen-bond acceptors (Lipinski definition) is 5. The fraction of sp³-hybridized carbons (Fsp3) is 0.696. The zero-order chi connectivity index (χ0) is 20.6. The number of aliphatic hydroxyl groups is 1. The van der Waals surface area contributed by atoms with Crippen LogP contribution in [0.4, 0.5) is 0 Å². The Morgan fingerprint density at radius 3 is 2.76 bits per heavy atom. The molecule has 3 aliphatic carbocycles. The Morgan fingerprint density at radius 2 is 2.03 bits per heavy atom. The molecule has 1 spiro atoms. The van der Waals surface area contributed by atoms with Gasteiger partial charge >= 0.3 is 5.97 Å². The number of amides is 1. The van der Waals surface area contributed by atoms with Crippen molar-refractivity contribution in [3.63, 3.8) is 0 Å². The molecule has 3 aliphatic heterocycles. The zero-order valence-electron chi connectivity index (χ0n) is 17.1. The number of allylic oxidation sites excluding steroid dienone is 2. The van der Waals surface area contributed by atoms with Crippen LogP contribution in [0.5, 0.6) is 0 Å². The van der Waals surface area contributed by atoms with Gasteiger partial charge < -0.3 is 14.7 Å². The molecule has 29 heavy (non-hydrogen) atoms. The van der Waals surface area contributed by atoms with Gasteiger partial charge in [0.15, 0.2) is 5.78 Å². The smallest absolute Gasteiger partial charge is 0.309 e. The number of nitrogens with zero attached hydrogens (tertiary/aromatic N) is 1. The second-order valence-electron chi connectivity index (χ2n) is 9.68. The summed E-state index contributed by atoms with van der Waals surface area (Å²) in [6.45, 7) is 2.64. The summed E-state index contributed by atoms with van der Waals surface area (Å²) in [6, 6.07) is 0. The molecule has 6 aliphatic rings. The average Bonchev–Trinajstić information content (AvgIpc) is 3.28. The molecule has 1 N–H and O–H groups in total. The van der Waals surface area contributed by atoms with Crippen LogP contribution in [-0.2, 0) is 19.1 Å². The minimum atomic E-state index is -0.933. The zero-order valence-corrected chi connectivity index (χ0v) is 17.1. The summed E-state index contributed by atoms with van der Waals surface area (Å²) in [6.07, 6.45) is 7.43.